The summed E-state index contributed by atoms with van der Waals surface area (Å²) in [5.74, 6) is 0. The first kappa shape index (κ1) is 19.2. The van der Waals surface area contributed by atoms with Crippen LogP contribution in [0.3, 0.4) is 0 Å². The second kappa shape index (κ2) is 8.11. The number of fused-ring (bicyclic) bond motifs is 1. The van der Waals surface area contributed by atoms with E-state index >= 15 is 0 Å². The maximum atomic E-state index is 12.9. The van der Waals surface area contributed by atoms with E-state index in [4.69, 9.17) is 0 Å². The zero-order chi connectivity index (χ0) is 19.6. The number of nitrogens with one attached hydrogen (secondary N) is 2. The first-order valence-corrected chi connectivity index (χ1v) is 11.8. The van der Waals surface area contributed by atoms with Crippen LogP contribution in [-0.2, 0) is 15.4 Å². The molecule has 0 atom stereocenters. The van der Waals surface area contributed by atoms with Crippen molar-refractivity contribution in [3.05, 3.63) is 66.2 Å². The fraction of sp³-hybridized carbons (Fsp3) is 0.238. The number of piperazine rings is 1. The molecule has 28 heavy (non-hydrogen) atoms. The second-order valence-corrected chi connectivity index (χ2v) is 9.04. The van der Waals surface area contributed by atoms with Gasteiger partial charge >= 0.3 is 0 Å². The summed E-state index contributed by atoms with van der Waals surface area (Å²) in [6.45, 7) is 3.78. The molecule has 0 saturated carbocycles. The van der Waals surface area contributed by atoms with Gasteiger partial charge in [0.25, 0.3) is 10.0 Å². The van der Waals surface area contributed by atoms with Crippen LogP contribution in [-0.4, -0.2) is 34.6 Å². The summed E-state index contributed by atoms with van der Waals surface area (Å²) in [6.07, 6.45) is 0. The molecule has 146 valence electrons. The molecule has 0 unspecified atom stereocenters. The number of sulfonamides is 1. The van der Waals surface area contributed by atoms with Gasteiger partial charge in [-0.05, 0) is 29.8 Å². The van der Waals surface area contributed by atoms with E-state index < -0.39 is 10.0 Å². The maximum absolute atomic E-state index is 12.9. The van der Waals surface area contributed by atoms with E-state index in [-0.39, 0.29) is 4.90 Å². The van der Waals surface area contributed by atoms with E-state index in [0.717, 1.165) is 48.2 Å². The number of rotatable bonds is 5. The van der Waals surface area contributed by atoms with Gasteiger partial charge in [-0.1, -0.05) is 52.3 Å². The highest BCUT2D eigenvalue weighted by molar-refractivity contribution is 9.08. The van der Waals surface area contributed by atoms with Crippen LogP contribution < -0.4 is 14.9 Å². The summed E-state index contributed by atoms with van der Waals surface area (Å²) in [4.78, 5) is 2.60. The third-order valence-electron chi connectivity index (χ3n) is 4.99. The average Bonchev–Trinajstić information content (AvgIpc) is 2.74. The Morgan fingerprint density at radius 1 is 0.929 bits per heavy atom. The normalized spacial score (nSPS) is 15.0. The number of anilines is 2. The van der Waals surface area contributed by atoms with Gasteiger partial charge in [-0.2, -0.15) is 0 Å². The maximum Gasteiger partial charge on any atom is 0.261 e. The highest BCUT2D eigenvalue weighted by Crippen LogP contribution is 2.33. The van der Waals surface area contributed by atoms with Crippen molar-refractivity contribution in [3.63, 3.8) is 0 Å². The Labute approximate surface area is 173 Å². The molecule has 3 aromatic carbocycles. The third-order valence-corrected chi connectivity index (χ3v) is 7.02. The zero-order valence-corrected chi connectivity index (χ0v) is 17.8. The van der Waals surface area contributed by atoms with Crippen molar-refractivity contribution < 1.29 is 8.42 Å². The Balaban J connectivity index is 1.71. The summed E-state index contributed by atoms with van der Waals surface area (Å²) >= 11 is 3.38. The molecule has 4 rings (SSSR count). The molecular formula is C21H22BrN3O2S. The highest BCUT2D eigenvalue weighted by Gasteiger charge is 2.18. The lowest BCUT2D eigenvalue weighted by Gasteiger charge is -2.30. The Morgan fingerprint density at radius 2 is 1.61 bits per heavy atom. The van der Waals surface area contributed by atoms with Crippen molar-refractivity contribution in [2.75, 3.05) is 35.8 Å². The van der Waals surface area contributed by atoms with E-state index in [1.807, 2.05) is 42.5 Å². The molecule has 5 nitrogen and oxygen atoms in total. The lowest BCUT2D eigenvalue weighted by Crippen LogP contribution is -2.43. The number of halogens is 1. The quantitative estimate of drug-likeness (QED) is 0.567. The average molecular weight is 460 g/mol. The van der Waals surface area contributed by atoms with Crippen LogP contribution in [0.4, 0.5) is 11.4 Å². The fourth-order valence-corrected chi connectivity index (χ4v) is 4.97. The van der Waals surface area contributed by atoms with E-state index in [0.29, 0.717) is 11.0 Å². The van der Waals surface area contributed by atoms with E-state index in [9.17, 15) is 8.42 Å². The third kappa shape index (κ3) is 3.87. The number of nitrogens with zero attached hydrogens (tertiary/aromatic N) is 1. The van der Waals surface area contributed by atoms with E-state index in [2.05, 4.69) is 36.9 Å². The monoisotopic (exact) mass is 459 g/mol. The van der Waals surface area contributed by atoms with E-state index in [1.165, 1.54) is 0 Å². The summed E-state index contributed by atoms with van der Waals surface area (Å²) in [5, 5.41) is 6.02. The minimum Gasteiger partial charge on any atom is -0.368 e. The van der Waals surface area contributed by atoms with Crippen molar-refractivity contribution >= 4 is 48.1 Å². The zero-order valence-electron chi connectivity index (χ0n) is 15.4. The molecule has 0 amide bonds. The van der Waals surface area contributed by atoms with Gasteiger partial charge < -0.3 is 10.2 Å². The molecule has 0 radical (unpaired) electrons. The Hall–Kier alpha value is -2.09. The van der Waals surface area contributed by atoms with Crippen LogP contribution >= 0.6 is 15.9 Å². The smallest absolute Gasteiger partial charge is 0.261 e. The van der Waals surface area contributed by atoms with Gasteiger partial charge in [0.15, 0.2) is 0 Å². The van der Waals surface area contributed by atoms with Gasteiger partial charge in [0.05, 0.1) is 10.6 Å². The predicted octanol–water partition coefficient (Wildman–Crippen LogP) is 3.95. The number of alkyl halides is 1. The van der Waals surface area contributed by atoms with Crippen LogP contribution in [0.5, 0.6) is 0 Å². The Morgan fingerprint density at radius 3 is 2.29 bits per heavy atom. The van der Waals surface area contributed by atoms with Gasteiger partial charge in [-0.15, -0.1) is 0 Å². The molecule has 7 heteroatoms. The van der Waals surface area contributed by atoms with Crippen molar-refractivity contribution in [1.82, 2.24) is 5.32 Å². The van der Waals surface area contributed by atoms with Gasteiger partial charge in [0.2, 0.25) is 0 Å². The second-order valence-electron chi connectivity index (χ2n) is 6.80. The van der Waals surface area contributed by atoms with Crippen LogP contribution in [0.15, 0.2) is 65.6 Å². The summed E-state index contributed by atoms with van der Waals surface area (Å²) in [6, 6.07) is 18.7. The minimum absolute atomic E-state index is 0.257. The molecule has 2 N–H and O–H groups in total. The summed E-state index contributed by atoms with van der Waals surface area (Å²) < 4.78 is 28.6. The first-order valence-electron chi connectivity index (χ1n) is 9.23. The van der Waals surface area contributed by atoms with Crippen LogP contribution in [0.2, 0.25) is 0 Å². The molecule has 3 aromatic rings. The molecular weight excluding hydrogens is 438 g/mol. The summed E-state index contributed by atoms with van der Waals surface area (Å²) in [5.41, 5.74) is 2.77. The molecule has 0 aliphatic carbocycles. The number of benzene rings is 3. The first-order chi connectivity index (χ1) is 13.6. The van der Waals surface area contributed by atoms with Gasteiger partial charge in [-0.3, -0.25) is 4.72 Å². The molecule has 1 fully saturated rings. The molecule has 0 aromatic heterocycles. The largest absolute Gasteiger partial charge is 0.368 e. The topological polar surface area (TPSA) is 61.4 Å². The summed E-state index contributed by atoms with van der Waals surface area (Å²) in [7, 11) is -3.66. The van der Waals surface area contributed by atoms with Crippen molar-refractivity contribution in [3.8, 4) is 0 Å². The van der Waals surface area contributed by atoms with Gasteiger partial charge in [0, 0.05) is 48.0 Å². The molecule has 1 heterocycles. The standard InChI is InChI=1S/C21H22BrN3O2S/c22-15-16-5-7-17(8-6-16)28(26,27)24-20-9-10-21(25-13-11-23-12-14-25)19-4-2-1-3-18(19)20/h1-10,23-24H,11-15H2. The Bertz CT molecular complexity index is 1080. The van der Waals surface area contributed by atoms with Crippen LogP contribution in [0.25, 0.3) is 10.8 Å². The SMILES string of the molecule is O=S(=O)(Nc1ccc(N2CCNCC2)c2ccccc12)c1ccc(CBr)cc1. The highest BCUT2D eigenvalue weighted by atomic mass is 79.9. The molecule has 1 saturated heterocycles. The van der Waals surface area contributed by atoms with E-state index in [1.54, 1.807) is 12.1 Å². The van der Waals surface area contributed by atoms with Gasteiger partial charge in [-0.25, -0.2) is 8.42 Å². The molecule has 0 bridgehead atoms. The van der Waals surface area contributed by atoms with Crippen molar-refractivity contribution in [2.24, 2.45) is 0 Å². The predicted molar refractivity (Wildman–Crippen MR) is 119 cm³/mol. The lowest BCUT2D eigenvalue weighted by atomic mass is 10.1. The molecule has 1 aliphatic heterocycles. The van der Waals surface area contributed by atoms with Crippen LogP contribution in [0.1, 0.15) is 5.56 Å². The van der Waals surface area contributed by atoms with Crippen molar-refractivity contribution in [1.29, 1.82) is 0 Å². The lowest BCUT2D eigenvalue weighted by molar-refractivity contribution is 0.590. The fourth-order valence-electron chi connectivity index (χ4n) is 3.52. The number of hydrogen-bond acceptors (Lipinski definition) is 4. The molecule has 0 spiro atoms. The van der Waals surface area contributed by atoms with Crippen LogP contribution in [0, 0.1) is 0 Å². The number of hydrogen-bond donors (Lipinski definition) is 2. The minimum atomic E-state index is -3.66. The molecule has 1 aliphatic rings. The van der Waals surface area contributed by atoms with Gasteiger partial charge in [0.1, 0.15) is 0 Å². The van der Waals surface area contributed by atoms with Crippen molar-refractivity contribution in [2.45, 2.75) is 10.2 Å². The Kier molecular flexibility index (Phi) is 5.57.